The van der Waals surface area contributed by atoms with Crippen molar-refractivity contribution in [1.29, 1.82) is 0 Å². The number of nitrogens with zero attached hydrogens (tertiary/aromatic N) is 3. The lowest BCUT2D eigenvalue weighted by molar-refractivity contribution is -0.130. The Morgan fingerprint density at radius 2 is 1.86 bits per heavy atom. The summed E-state index contributed by atoms with van der Waals surface area (Å²) >= 11 is 5.37. The van der Waals surface area contributed by atoms with Crippen LogP contribution in [0.1, 0.15) is 23.1 Å². The number of hydrogen-bond donors (Lipinski definition) is 1. The Balaban J connectivity index is 1.70. The molecule has 1 heterocycles. The summed E-state index contributed by atoms with van der Waals surface area (Å²) in [6, 6.07) is 14.1. The van der Waals surface area contributed by atoms with Crippen LogP contribution in [0, 0.1) is 18.6 Å². The van der Waals surface area contributed by atoms with Gasteiger partial charge >= 0.3 is 0 Å². The topological polar surface area (TPSA) is 63.1 Å². The number of benzene rings is 2. The summed E-state index contributed by atoms with van der Waals surface area (Å²) in [6.45, 7) is 5.02. The number of aromatic nitrogens is 3. The van der Waals surface area contributed by atoms with Gasteiger partial charge < -0.3 is 9.64 Å². The third-order valence-electron chi connectivity index (χ3n) is 4.89. The Morgan fingerprint density at radius 3 is 2.55 bits per heavy atom. The molecule has 0 unspecified atom stereocenters. The SMILES string of the molecule is COc1ccc(C)cc1CN(C)C(=O)CCn1c(-c2ccc(C)cc2)n[nH]c1=S. The van der Waals surface area contributed by atoms with E-state index in [-0.39, 0.29) is 5.91 Å². The quantitative estimate of drug-likeness (QED) is 0.591. The summed E-state index contributed by atoms with van der Waals surface area (Å²) < 4.78 is 7.80. The lowest BCUT2D eigenvalue weighted by atomic mass is 10.1. The third-order valence-corrected chi connectivity index (χ3v) is 5.20. The lowest BCUT2D eigenvalue weighted by Crippen LogP contribution is -2.27. The summed E-state index contributed by atoms with van der Waals surface area (Å²) in [5.74, 6) is 1.56. The van der Waals surface area contributed by atoms with Gasteiger partial charge in [0, 0.05) is 37.7 Å². The van der Waals surface area contributed by atoms with Gasteiger partial charge in [0.25, 0.3) is 0 Å². The fraction of sp³-hybridized carbons (Fsp3) is 0.318. The first-order chi connectivity index (χ1) is 13.9. The maximum Gasteiger partial charge on any atom is 0.224 e. The molecular weight excluding hydrogens is 384 g/mol. The Hall–Kier alpha value is -2.93. The number of ether oxygens (including phenoxy) is 1. The highest BCUT2D eigenvalue weighted by Gasteiger charge is 2.15. The maximum atomic E-state index is 12.7. The van der Waals surface area contributed by atoms with E-state index in [1.54, 1.807) is 19.1 Å². The van der Waals surface area contributed by atoms with Gasteiger partial charge in [0.2, 0.25) is 5.91 Å². The van der Waals surface area contributed by atoms with Crippen molar-refractivity contribution in [3.8, 4) is 17.1 Å². The predicted molar refractivity (Wildman–Crippen MR) is 116 cm³/mol. The molecule has 0 saturated heterocycles. The van der Waals surface area contributed by atoms with Crippen LogP contribution in [-0.4, -0.2) is 39.7 Å². The molecule has 0 bridgehead atoms. The minimum atomic E-state index is 0.0338. The fourth-order valence-electron chi connectivity index (χ4n) is 3.22. The van der Waals surface area contributed by atoms with E-state index in [0.29, 0.717) is 24.3 Å². The summed E-state index contributed by atoms with van der Waals surface area (Å²) in [5, 5.41) is 7.18. The molecule has 0 aliphatic carbocycles. The second kappa shape index (κ2) is 9.05. The second-order valence-corrected chi connectivity index (χ2v) is 7.57. The maximum absolute atomic E-state index is 12.7. The smallest absolute Gasteiger partial charge is 0.224 e. The van der Waals surface area contributed by atoms with Gasteiger partial charge in [-0.25, -0.2) is 0 Å². The number of hydrogen-bond acceptors (Lipinski definition) is 4. The van der Waals surface area contributed by atoms with Crippen LogP contribution in [0.5, 0.6) is 5.75 Å². The Morgan fingerprint density at radius 1 is 1.17 bits per heavy atom. The monoisotopic (exact) mass is 410 g/mol. The van der Waals surface area contributed by atoms with Crippen LogP contribution in [0.2, 0.25) is 0 Å². The average molecular weight is 411 g/mol. The van der Waals surface area contributed by atoms with Crippen LogP contribution < -0.4 is 4.74 Å². The zero-order chi connectivity index (χ0) is 21.0. The molecule has 7 heteroatoms. The molecule has 2 aromatic carbocycles. The summed E-state index contributed by atoms with van der Waals surface area (Å²) in [7, 11) is 3.45. The van der Waals surface area contributed by atoms with Crippen molar-refractivity contribution in [3.05, 3.63) is 63.9 Å². The van der Waals surface area contributed by atoms with Gasteiger partial charge in [-0.15, -0.1) is 0 Å². The minimum absolute atomic E-state index is 0.0338. The molecule has 152 valence electrons. The first-order valence-corrected chi connectivity index (χ1v) is 9.89. The van der Waals surface area contributed by atoms with Crippen molar-refractivity contribution in [2.24, 2.45) is 0 Å². The van der Waals surface area contributed by atoms with Gasteiger partial charge in [-0.2, -0.15) is 5.10 Å². The zero-order valence-corrected chi connectivity index (χ0v) is 18.0. The van der Waals surface area contributed by atoms with Gasteiger partial charge in [0.05, 0.1) is 7.11 Å². The summed E-state index contributed by atoms with van der Waals surface area (Å²) in [5.41, 5.74) is 4.27. The number of methoxy groups -OCH3 is 1. The van der Waals surface area contributed by atoms with Crippen LogP contribution in [-0.2, 0) is 17.9 Å². The molecule has 1 N–H and O–H groups in total. The molecule has 0 atom stereocenters. The Bertz CT molecular complexity index is 1050. The van der Waals surface area contributed by atoms with Gasteiger partial charge in [-0.3, -0.25) is 14.5 Å². The summed E-state index contributed by atoms with van der Waals surface area (Å²) in [6.07, 6.45) is 0.331. The normalized spacial score (nSPS) is 10.8. The number of carbonyl (C=O) groups is 1. The number of rotatable bonds is 7. The summed E-state index contributed by atoms with van der Waals surface area (Å²) in [4.78, 5) is 14.5. The first kappa shape index (κ1) is 20.8. The van der Waals surface area contributed by atoms with Gasteiger partial charge in [0.1, 0.15) is 5.75 Å². The Labute approximate surface area is 176 Å². The zero-order valence-electron chi connectivity index (χ0n) is 17.2. The van der Waals surface area contributed by atoms with E-state index < -0.39 is 0 Å². The lowest BCUT2D eigenvalue weighted by Gasteiger charge is -2.19. The number of aromatic amines is 1. The first-order valence-electron chi connectivity index (χ1n) is 9.48. The van der Waals surface area contributed by atoms with Crippen molar-refractivity contribution in [2.45, 2.75) is 33.4 Å². The van der Waals surface area contributed by atoms with Crippen LogP contribution in [0.15, 0.2) is 42.5 Å². The van der Waals surface area contributed by atoms with E-state index in [2.05, 4.69) is 10.2 Å². The van der Waals surface area contributed by atoms with Crippen molar-refractivity contribution >= 4 is 18.1 Å². The molecule has 1 amide bonds. The molecule has 0 fully saturated rings. The number of aryl methyl sites for hydroxylation is 2. The van der Waals surface area contributed by atoms with Crippen LogP contribution in [0.25, 0.3) is 11.4 Å². The number of nitrogens with one attached hydrogen (secondary N) is 1. The van der Waals surface area contributed by atoms with Crippen LogP contribution in [0.3, 0.4) is 0 Å². The van der Waals surface area contributed by atoms with E-state index in [1.165, 1.54) is 5.56 Å². The molecular formula is C22H26N4O2S. The van der Waals surface area contributed by atoms with E-state index in [1.807, 2.05) is 60.9 Å². The van der Waals surface area contributed by atoms with Crippen molar-refractivity contribution in [3.63, 3.8) is 0 Å². The molecule has 1 aromatic heterocycles. The van der Waals surface area contributed by atoms with E-state index in [9.17, 15) is 4.79 Å². The number of carbonyl (C=O) groups excluding carboxylic acids is 1. The minimum Gasteiger partial charge on any atom is -0.496 e. The highest BCUT2D eigenvalue weighted by Crippen LogP contribution is 2.22. The van der Waals surface area contributed by atoms with E-state index in [0.717, 1.165) is 28.3 Å². The van der Waals surface area contributed by atoms with Crippen LogP contribution >= 0.6 is 12.2 Å². The third kappa shape index (κ3) is 4.92. The number of amides is 1. The highest BCUT2D eigenvalue weighted by molar-refractivity contribution is 7.71. The van der Waals surface area contributed by atoms with Gasteiger partial charge in [-0.1, -0.05) is 47.5 Å². The molecule has 6 nitrogen and oxygen atoms in total. The number of H-pyrrole nitrogens is 1. The molecule has 0 radical (unpaired) electrons. The van der Waals surface area contributed by atoms with E-state index in [4.69, 9.17) is 17.0 Å². The Kier molecular flexibility index (Phi) is 6.49. The molecule has 3 rings (SSSR count). The van der Waals surface area contributed by atoms with Crippen molar-refractivity contribution < 1.29 is 9.53 Å². The average Bonchev–Trinajstić information content (AvgIpc) is 3.07. The molecule has 0 spiro atoms. The second-order valence-electron chi connectivity index (χ2n) is 7.19. The van der Waals surface area contributed by atoms with Crippen molar-refractivity contribution in [2.75, 3.05) is 14.2 Å². The molecule has 0 aliphatic heterocycles. The van der Waals surface area contributed by atoms with Crippen molar-refractivity contribution in [1.82, 2.24) is 19.7 Å². The van der Waals surface area contributed by atoms with Crippen LogP contribution in [0.4, 0.5) is 0 Å². The van der Waals surface area contributed by atoms with Gasteiger partial charge in [0.15, 0.2) is 10.6 Å². The molecule has 29 heavy (non-hydrogen) atoms. The van der Waals surface area contributed by atoms with E-state index >= 15 is 0 Å². The molecule has 0 saturated carbocycles. The molecule has 3 aromatic rings. The predicted octanol–water partition coefficient (Wildman–Crippen LogP) is 4.28. The highest BCUT2D eigenvalue weighted by atomic mass is 32.1. The standard InChI is InChI=1S/C22H26N4O2S/c1-15-5-8-17(9-6-15)21-23-24-22(29)26(21)12-11-20(27)25(3)14-18-13-16(2)7-10-19(18)28-4/h5-10,13H,11-12,14H2,1-4H3,(H,24,29). The fourth-order valence-corrected chi connectivity index (χ4v) is 3.44. The largest absolute Gasteiger partial charge is 0.496 e. The molecule has 0 aliphatic rings. The van der Waals surface area contributed by atoms with Gasteiger partial charge in [-0.05, 0) is 32.1 Å².